The summed E-state index contributed by atoms with van der Waals surface area (Å²) in [7, 11) is 3.04. The summed E-state index contributed by atoms with van der Waals surface area (Å²) in [6.07, 6.45) is 7.84. The molecule has 5 aromatic rings. The average molecular weight is 613 g/mol. The number of hydrogen-bond acceptors (Lipinski definition) is 10. The Morgan fingerprint density at radius 2 is 1.87 bits per heavy atom. The number of benzene rings is 2. The Labute approximate surface area is 258 Å². The topological polar surface area (TPSA) is 128 Å². The minimum atomic E-state index is -0.849. The van der Waals surface area contributed by atoms with E-state index in [1.807, 2.05) is 19.9 Å². The summed E-state index contributed by atoms with van der Waals surface area (Å²) >= 11 is 0. The predicted molar refractivity (Wildman–Crippen MR) is 168 cm³/mol. The molecule has 1 aliphatic heterocycles. The van der Waals surface area contributed by atoms with Crippen molar-refractivity contribution in [3.8, 4) is 23.0 Å². The highest BCUT2D eigenvalue weighted by Crippen LogP contribution is 2.39. The Bertz CT molecular complexity index is 1910. The summed E-state index contributed by atoms with van der Waals surface area (Å²) in [4.78, 5) is 28.1. The van der Waals surface area contributed by atoms with Crippen LogP contribution in [0.3, 0.4) is 0 Å². The highest BCUT2D eigenvalue weighted by molar-refractivity contribution is 6.05. The summed E-state index contributed by atoms with van der Waals surface area (Å²) in [5.41, 5.74) is 2.96. The highest BCUT2D eigenvalue weighted by Gasteiger charge is 2.24. The number of likely N-dealkylation sites (tertiary alicyclic amines) is 1. The van der Waals surface area contributed by atoms with Gasteiger partial charge in [0.05, 0.1) is 31.1 Å². The van der Waals surface area contributed by atoms with Crippen molar-refractivity contribution in [2.75, 3.05) is 37.9 Å². The first-order valence-corrected chi connectivity index (χ1v) is 14.5. The third-order valence-corrected chi connectivity index (χ3v) is 7.81. The highest BCUT2D eigenvalue weighted by atomic mass is 19.1. The van der Waals surface area contributed by atoms with Crippen LogP contribution in [0.5, 0.6) is 23.0 Å². The zero-order valence-electron chi connectivity index (χ0n) is 25.4. The van der Waals surface area contributed by atoms with E-state index in [-0.39, 0.29) is 11.7 Å². The molecule has 45 heavy (non-hydrogen) atoms. The number of hydrogen-bond donors (Lipinski definition) is 2. The van der Waals surface area contributed by atoms with Crippen molar-refractivity contribution in [1.29, 1.82) is 0 Å². The van der Waals surface area contributed by atoms with Gasteiger partial charge in [-0.1, -0.05) is 6.92 Å². The maximum Gasteiger partial charge on any atom is 0.284 e. The molecule has 1 unspecified atom stereocenters. The molecule has 1 aliphatic rings. The standard InChI is InChI=1S/C32H33FN8O4/c1-5-40-9-6-7-20(40)12-23(33)32(42)39-26-14-22-24(15-28(26)43-3)34-17-36-31(22)38-25-11-19(2)27(16-29(25)44-4)45-21-8-10-41-30(13-21)35-18-37-41/h8,10-18,20H,5-7,9H2,1-4H3,(H,39,42)(H,34,36,38). The van der Waals surface area contributed by atoms with Crippen molar-refractivity contribution in [2.24, 2.45) is 0 Å². The molecule has 13 heteroatoms. The zero-order valence-corrected chi connectivity index (χ0v) is 25.4. The molecule has 1 saturated heterocycles. The number of ether oxygens (including phenoxy) is 3. The number of carbonyl (C=O) groups excluding carboxylic acids is 1. The van der Waals surface area contributed by atoms with Gasteiger partial charge in [0.25, 0.3) is 5.91 Å². The number of pyridine rings is 1. The van der Waals surface area contributed by atoms with Gasteiger partial charge in [0.15, 0.2) is 11.5 Å². The number of nitrogens with one attached hydrogen (secondary N) is 2. The molecule has 1 fully saturated rings. The lowest BCUT2D eigenvalue weighted by Gasteiger charge is -2.19. The number of methoxy groups -OCH3 is 2. The van der Waals surface area contributed by atoms with E-state index in [0.29, 0.717) is 51.1 Å². The number of aromatic nitrogens is 5. The number of nitrogens with zero attached hydrogens (tertiary/aromatic N) is 6. The second-order valence-electron chi connectivity index (χ2n) is 10.6. The maximum absolute atomic E-state index is 15.0. The molecule has 12 nitrogen and oxygen atoms in total. The van der Waals surface area contributed by atoms with Gasteiger partial charge in [-0.25, -0.2) is 23.9 Å². The lowest BCUT2D eigenvalue weighted by atomic mass is 10.1. The molecule has 0 saturated carbocycles. The number of fused-ring (bicyclic) bond motifs is 2. The molecule has 1 atom stereocenters. The molecule has 0 radical (unpaired) electrons. The summed E-state index contributed by atoms with van der Waals surface area (Å²) in [6, 6.07) is 10.5. The number of rotatable bonds is 10. The quantitative estimate of drug-likeness (QED) is 0.187. The lowest BCUT2D eigenvalue weighted by molar-refractivity contribution is -0.114. The van der Waals surface area contributed by atoms with Gasteiger partial charge in [-0.15, -0.1) is 0 Å². The van der Waals surface area contributed by atoms with E-state index in [1.54, 1.807) is 48.2 Å². The number of aryl methyl sites for hydroxylation is 1. The first-order chi connectivity index (χ1) is 21.9. The van der Waals surface area contributed by atoms with Crippen molar-refractivity contribution in [2.45, 2.75) is 32.7 Å². The number of likely N-dealkylation sites (N-methyl/N-ethyl adjacent to an activating group) is 1. The summed E-state index contributed by atoms with van der Waals surface area (Å²) < 4.78 is 34.0. The Kier molecular flexibility index (Phi) is 8.43. The summed E-state index contributed by atoms with van der Waals surface area (Å²) in [5, 5.41) is 10.7. The van der Waals surface area contributed by atoms with E-state index in [2.05, 4.69) is 35.6 Å². The van der Waals surface area contributed by atoms with E-state index < -0.39 is 11.7 Å². The first kappa shape index (κ1) is 29.8. The molecule has 0 aliphatic carbocycles. The fourth-order valence-electron chi connectivity index (χ4n) is 5.47. The van der Waals surface area contributed by atoms with Crippen LogP contribution in [0.25, 0.3) is 16.6 Å². The molecule has 6 rings (SSSR count). The molecule has 0 bridgehead atoms. The van der Waals surface area contributed by atoms with Crippen LogP contribution in [0.4, 0.5) is 21.6 Å². The van der Waals surface area contributed by atoms with E-state index in [4.69, 9.17) is 14.2 Å². The molecule has 4 heterocycles. The molecular weight excluding hydrogens is 579 g/mol. The largest absolute Gasteiger partial charge is 0.494 e. The van der Waals surface area contributed by atoms with Crippen LogP contribution in [-0.4, -0.2) is 68.7 Å². The van der Waals surface area contributed by atoms with Crippen LogP contribution in [0.15, 0.2) is 67.2 Å². The van der Waals surface area contributed by atoms with Crippen molar-refractivity contribution in [1.82, 2.24) is 29.5 Å². The van der Waals surface area contributed by atoms with Gasteiger partial charge in [0.2, 0.25) is 0 Å². The predicted octanol–water partition coefficient (Wildman–Crippen LogP) is 5.81. The summed E-state index contributed by atoms with van der Waals surface area (Å²) in [5.74, 6) is 0.799. The minimum absolute atomic E-state index is 0.101. The SMILES string of the molecule is CCN1CCCC1C=C(F)C(=O)Nc1cc2c(Nc3cc(C)c(Oc4ccn5ncnc5c4)cc3OC)ncnc2cc1OC. The van der Waals surface area contributed by atoms with Crippen molar-refractivity contribution in [3.05, 3.63) is 72.7 Å². The zero-order chi connectivity index (χ0) is 31.5. The number of carbonyl (C=O) groups is 1. The number of anilines is 3. The van der Waals surface area contributed by atoms with Gasteiger partial charge < -0.3 is 24.8 Å². The molecule has 2 aromatic carbocycles. The maximum atomic E-state index is 15.0. The fraction of sp³-hybridized carbons (Fsp3) is 0.281. The van der Waals surface area contributed by atoms with Gasteiger partial charge in [0.1, 0.15) is 41.5 Å². The lowest BCUT2D eigenvalue weighted by Crippen LogP contribution is -2.28. The third-order valence-electron chi connectivity index (χ3n) is 7.81. The van der Waals surface area contributed by atoms with Crippen LogP contribution < -0.4 is 24.8 Å². The monoisotopic (exact) mass is 612 g/mol. The van der Waals surface area contributed by atoms with Crippen molar-refractivity contribution in [3.63, 3.8) is 0 Å². The smallest absolute Gasteiger partial charge is 0.284 e. The van der Waals surface area contributed by atoms with Crippen LogP contribution in [0.1, 0.15) is 25.3 Å². The van der Waals surface area contributed by atoms with Crippen LogP contribution in [0.2, 0.25) is 0 Å². The van der Waals surface area contributed by atoms with Gasteiger partial charge in [-0.2, -0.15) is 5.10 Å². The van der Waals surface area contributed by atoms with E-state index in [9.17, 15) is 4.79 Å². The van der Waals surface area contributed by atoms with Gasteiger partial charge >= 0.3 is 0 Å². The Morgan fingerprint density at radius 3 is 2.67 bits per heavy atom. The van der Waals surface area contributed by atoms with Crippen LogP contribution >= 0.6 is 0 Å². The Balaban J connectivity index is 1.28. The Hall–Kier alpha value is -5.30. The summed E-state index contributed by atoms with van der Waals surface area (Å²) in [6.45, 7) is 5.63. The second kappa shape index (κ2) is 12.7. The van der Waals surface area contributed by atoms with Gasteiger partial charge in [0, 0.05) is 35.8 Å². The minimum Gasteiger partial charge on any atom is -0.494 e. The number of amides is 1. The molecule has 0 spiro atoms. The van der Waals surface area contributed by atoms with E-state index in [1.165, 1.54) is 25.8 Å². The molecule has 2 N–H and O–H groups in total. The van der Waals surface area contributed by atoms with Crippen molar-refractivity contribution < 1.29 is 23.4 Å². The normalized spacial score (nSPS) is 15.4. The molecule has 3 aromatic heterocycles. The van der Waals surface area contributed by atoms with Crippen LogP contribution in [0, 0.1) is 6.92 Å². The van der Waals surface area contributed by atoms with E-state index in [0.717, 1.165) is 31.5 Å². The number of halogens is 1. The van der Waals surface area contributed by atoms with Gasteiger partial charge in [-0.05, 0) is 62.7 Å². The molecule has 232 valence electrons. The fourth-order valence-corrected chi connectivity index (χ4v) is 5.47. The molecule has 1 amide bonds. The molecular formula is C32H33FN8O4. The Morgan fingerprint density at radius 1 is 1.04 bits per heavy atom. The van der Waals surface area contributed by atoms with Gasteiger partial charge in [-0.3, -0.25) is 9.69 Å². The first-order valence-electron chi connectivity index (χ1n) is 14.5. The third kappa shape index (κ3) is 6.20. The van der Waals surface area contributed by atoms with E-state index >= 15 is 4.39 Å². The van der Waals surface area contributed by atoms with Crippen LogP contribution in [-0.2, 0) is 4.79 Å². The average Bonchev–Trinajstić information content (AvgIpc) is 3.71. The van der Waals surface area contributed by atoms with Crippen molar-refractivity contribution >= 4 is 39.6 Å². The second-order valence-corrected chi connectivity index (χ2v) is 10.6.